The van der Waals surface area contributed by atoms with Crippen molar-refractivity contribution in [1.82, 2.24) is 10.2 Å². The van der Waals surface area contributed by atoms with Crippen LogP contribution >= 0.6 is 0 Å². The maximum Gasteiger partial charge on any atom is 0.416 e. The highest BCUT2D eigenvalue weighted by molar-refractivity contribution is 5.27. The van der Waals surface area contributed by atoms with Gasteiger partial charge in [0.05, 0.1) is 5.56 Å². The summed E-state index contributed by atoms with van der Waals surface area (Å²) in [5.74, 6) is 0. The Morgan fingerprint density at radius 1 is 1.24 bits per heavy atom. The van der Waals surface area contributed by atoms with Crippen LogP contribution in [0.15, 0.2) is 24.3 Å². The van der Waals surface area contributed by atoms with Gasteiger partial charge < -0.3 is 10.2 Å². The van der Waals surface area contributed by atoms with Crippen molar-refractivity contribution in [3.05, 3.63) is 35.4 Å². The summed E-state index contributed by atoms with van der Waals surface area (Å²) in [6.45, 7) is 7.81. The molecule has 2 unspecified atom stereocenters. The highest BCUT2D eigenvalue weighted by atomic mass is 19.4. The first-order chi connectivity index (χ1) is 9.75. The van der Waals surface area contributed by atoms with E-state index >= 15 is 0 Å². The van der Waals surface area contributed by atoms with Crippen LogP contribution in [-0.4, -0.2) is 31.1 Å². The Morgan fingerprint density at radius 2 is 1.90 bits per heavy atom. The first-order valence-corrected chi connectivity index (χ1v) is 7.36. The molecule has 2 nitrogen and oxygen atoms in total. The molecule has 0 heterocycles. The van der Waals surface area contributed by atoms with Crippen LogP contribution < -0.4 is 5.32 Å². The largest absolute Gasteiger partial charge is 0.416 e. The number of halogens is 3. The minimum atomic E-state index is -4.29. The molecule has 5 heteroatoms. The summed E-state index contributed by atoms with van der Waals surface area (Å²) >= 11 is 0. The van der Waals surface area contributed by atoms with Gasteiger partial charge in [-0.05, 0) is 45.0 Å². The average molecular weight is 302 g/mol. The number of benzene rings is 1. The second kappa shape index (κ2) is 7.80. The van der Waals surface area contributed by atoms with Crippen molar-refractivity contribution < 1.29 is 13.2 Å². The van der Waals surface area contributed by atoms with Gasteiger partial charge in [-0.25, -0.2) is 0 Å². The monoisotopic (exact) mass is 302 g/mol. The number of alkyl halides is 3. The third kappa shape index (κ3) is 5.67. The number of nitrogens with zero attached hydrogens (tertiary/aromatic N) is 1. The summed E-state index contributed by atoms with van der Waals surface area (Å²) in [5, 5.41) is 3.28. The molecule has 1 rings (SSSR count). The predicted molar refractivity (Wildman–Crippen MR) is 80.2 cm³/mol. The zero-order chi connectivity index (χ0) is 16.0. The molecule has 21 heavy (non-hydrogen) atoms. The van der Waals surface area contributed by atoms with Gasteiger partial charge in [0, 0.05) is 25.2 Å². The fourth-order valence-corrected chi connectivity index (χ4v) is 2.09. The summed E-state index contributed by atoms with van der Waals surface area (Å²) in [5.41, 5.74) is 0.0707. The normalized spacial score (nSPS) is 15.2. The van der Waals surface area contributed by atoms with E-state index in [1.807, 2.05) is 6.92 Å². The molecule has 0 amide bonds. The van der Waals surface area contributed by atoms with E-state index in [1.54, 1.807) is 6.07 Å². The molecular formula is C16H25F3N2. The maximum atomic E-state index is 12.7. The van der Waals surface area contributed by atoms with E-state index in [4.69, 9.17) is 0 Å². The summed E-state index contributed by atoms with van der Waals surface area (Å²) < 4.78 is 38.1. The van der Waals surface area contributed by atoms with Gasteiger partial charge in [0.1, 0.15) is 0 Å². The number of hydrogen-bond acceptors (Lipinski definition) is 2. The molecule has 0 aromatic heterocycles. The lowest BCUT2D eigenvalue weighted by Gasteiger charge is -2.24. The first kappa shape index (κ1) is 18.0. The lowest BCUT2D eigenvalue weighted by Crippen LogP contribution is -2.35. The highest BCUT2D eigenvalue weighted by Gasteiger charge is 2.30. The summed E-state index contributed by atoms with van der Waals surface area (Å²) in [4.78, 5) is 2.24. The van der Waals surface area contributed by atoms with Crippen molar-refractivity contribution in [1.29, 1.82) is 0 Å². The molecule has 0 radical (unpaired) electrons. The van der Waals surface area contributed by atoms with Crippen LogP contribution in [0.2, 0.25) is 0 Å². The highest BCUT2D eigenvalue weighted by Crippen LogP contribution is 2.30. The third-order valence-corrected chi connectivity index (χ3v) is 3.97. The average Bonchev–Trinajstić information content (AvgIpc) is 2.45. The van der Waals surface area contributed by atoms with Gasteiger partial charge in [0.25, 0.3) is 0 Å². The Labute approximate surface area is 125 Å². The minimum Gasteiger partial charge on any atom is -0.309 e. The number of rotatable bonds is 7. The molecule has 0 aliphatic rings. The Kier molecular flexibility index (Phi) is 6.68. The number of likely N-dealkylation sites (N-methyl/N-ethyl adjacent to an activating group) is 1. The lowest BCUT2D eigenvalue weighted by atomic mass is 10.0. The van der Waals surface area contributed by atoms with E-state index in [1.165, 1.54) is 12.1 Å². The Morgan fingerprint density at radius 3 is 2.48 bits per heavy atom. The number of nitrogens with one attached hydrogen (secondary N) is 1. The van der Waals surface area contributed by atoms with Crippen LogP contribution in [0.3, 0.4) is 0 Å². The molecule has 120 valence electrons. The van der Waals surface area contributed by atoms with Gasteiger partial charge in [-0.3, -0.25) is 0 Å². The van der Waals surface area contributed by atoms with Crippen LogP contribution in [0.4, 0.5) is 13.2 Å². The SMILES string of the molecule is CCC(C)N(C)CCNC(C)c1cccc(C(F)(F)F)c1. The van der Waals surface area contributed by atoms with Crippen LogP contribution in [0.25, 0.3) is 0 Å². The molecule has 1 N–H and O–H groups in total. The zero-order valence-electron chi connectivity index (χ0n) is 13.2. The van der Waals surface area contributed by atoms with Gasteiger partial charge in [-0.15, -0.1) is 0 Å². The second-order valence-corrected chi connectivity index (χ2v) is 5.54. The molecule has 1 aromatic rings. The standard InChI is InChI=1S/C16H25F3N2/c1-5-12(2)21(4)10-9-20-13(3)14-7-6-8-15(11-14)16(17,18)19/h6-8,11-13,20H,5,9-10H2,1-4H3. The fourth-order valence-electron chi connectivity index (χ4n) is 2.09. The topological polar surface area (TPSA) is 15.3 Å². The number of hydrogen-bond donors (Lipinski definition) is 1. The zero-order valence-corrected chi connectivity index (χ0v) is 13.2. The van der Waals surface area contributed by atoms with Crippen molar-refractivity contribution in [2.75, 3.05) is 20.1 Å². The van der Waals surface area contributed by atoms with E-state index in [0.717, 1.165) is 25.6 Å². The summed E-state index contributed by atoms with van der Waals surface area (Å²) in [6, 6.07) is 5.92. The van der Waals surface area contributed by atoms with E-state index in [9.17, 15) is 13.2 Å². The molecule has 0 saturated carbocycles. The smallest absolute Gasteiger partial charge is 0.309 e. The Balaban J connectivity index is 2.54. The molecular weight excluding hydrogens is 277 g/mol. The molecule has 0 saturated heterocycles. The maximum absolute atomic E-state index is 12.7. The van der Waals surface area contributed by atoms with Crippen molar-refractivity contribution in [2.24, 2.45) is 0 Å². The molecule has 0 aliphatic heterocycles. The summed E-state index contributed by atoms with van der Waals surface area (Å²) in [7, 11) is 2.06. The van der Waals surface area contributed by atoms with Gasteiger partial charge in [-0.1, -0.05) is 19.1 Å². The van der Waals surface area contributed by atoms with Crippen LogP contribution in [0, 0.1) is 0 Å². The predicted octanol–water partition coefficient (Wildman–Crippen LogP) is 4.09. The molecule has 0 aliphatic carbocycles. The van der Waals surface area contributed by atoms with E-state index in [-0.39, 0.29) is 6.04 Å². The fraction of sp³-hybridized carbons (Fsp3) is 0.625. The minimum absolute atomic E-state index is 0.0994. The lowest BCUT2D eigenvalue weighted by molar-refractivity contribution is -0.137. The molecule has 0 fully saturated rings. The molecule has 0 spiro atoms. The second-order valence-electron chi connectivity index (χ2n) is 5.54. The van der Waals surface area contributed by atoms with E-state index in [2.05, 4.69) is 31.1 Å². The van der Waals surface area contributed by atoms with Gasteiger partial charge in [-0.2, -0.15) is 13.2 Å². The van der Waals surface area contributed by atoms with Crippen molar-refractivity contribution in [3.8, 4) is 0 Å². The molecule has 0 bridgehead atoms. The van der Waals surface area contributed by atoms with Crippen LogP contribution in [0.5, 0.6) is 0 Å². The Bertz CT molecular complexity index is 432. The van der Waals surface area contributed by atoms with E-state index < -0.39 is 11.7 Å². The van der Waals surface area contributed by atoms with Crippen molar-refractivity contribution >= 4 is 0 Å². The van der Waals surface area contributed by atoms with E-state index in [0.29, 0.717) is 11.6 Å². The first-order valence-electron chi connectivity index (χ1n) is 7.36. The Hall–Kier alpha value is -1.07. The van der Waals surface area contributed by atoms with Crippen molar-refractivity contribution in [2.45, 2.75) is 45.5 Å². The van der Waals surface area contributed by atoms with Gasteiger partial charge in [0.15, 0.2) is 0 Å². The third-order valence-electron chi connectivity index (χ3n) is 3.97. The van der Waals surface area contributed by atoms with Gasteiger partial charge in [0.2, 0.25) is 0 Å². The van der Waals surface area contributed by atoms with Crippen LogP contribution in [-0.2, 0) is 6.18 Å². The molecule has 2 atom stereocenters. The summed E-state index contributed by atoms with van der Waals surface area (Å²) in [6.07, 6.45) is -3.20. The quantitative estimate of drug-likeness (QED) is 0.816. The molecule has 1 aromatic carbocycles. The van der Waals surface area contributed by atoms with Crippen LogP contribution in [0.1, 0.15) is 44.4 Å². The van der Waals surface area contributed by atoms with Gasteiger partial charge >= 0.3 is 6.18 Å². The van der Waals surface area contributed by atoms with Crippen molar-refractivity contribution in [3.63, 3.8) is 0 Å².